The molecule has 176 valence electrons. The van der Waals surface area contributed by atoms with Crippen molar-refractivity contribution in [2.45, 2.75) is 33.6 Å². The van der Waals surface area contributed by atoms with Gasteiger partial charge in [0.25, 0.3) is 11.8 Å². The van der Waals surface area contributed by atoms with Crippen molar-refractivity contribution in [3.8, 4) is 5.75 Å². The maximum atomic E-state index is 13.4. The van der Waals surface area contributed by atoms with Crippen molar-refractivity contribution in [2.24, 2.45) is 11.0 Å². The van der Waals surface area contributed by atoms with E-state index in [1.165, 1.54) is 13.0 Å². The first-order valence-corrected chi connectivity index (χ1v) is 11.5. The maximum absolute atomic E-state index is 13.4. The van der Waals surface area contributed by atoms with Crippen LogP contribution in [0.25, 0.3) is 0 Å². The molecule has 10 nitrogen and oxygen atoms in total. The number of imide groups is 1. The lowest BCUT2D eigenvalue weighted by Gasteiger charge is -2.21. The molecule has 0 saturated heterocycles. The molecule has 1 atom stereocenters. The van der Waals surface area contributed by atoms with Crippen LogP contribution in [0.1, 0.15) is 47.6 Å². The minimum absolute atomic E-state index is 0.00433. The highest BCUT2D eigenvalue weighted by molar-refractivity contribution is 7.17. The summed E-state index contributed by atoms with van der Waals surface area (Å²) >= 11 is 1.02. The molecule has 33 heavy (non-hydrogen) atoms. The first kappa shape index (κ1) is 24.3. The van der Waals surface area contributed by atoms with E-state index in [1.54, 1.807) is 25.1 Å². The van der Waals surface area contributed by atoms with Gasteiger partial charge in [-0.05, 0) is 39.1 Å². The second kappa shape index (κ2) is 10.5. The number of hydrogen-bond acceptors (Lipinski definition) is 9. The summed E-state index contributed by atoms with van der Waals surface area (Å²) in [4.78, 5) is 44.2. The number of rotatable bonds is 9. The fourth-order valence-electron chi connectivity index (χ4n) is 3.45. The Balaban J connectivity index is 1.92. The number of aromatic hydroxyl groups is 1. The summed E-state index contributed by atoms with van der Waals surface area (Å²) in [5.41, 5.74) is 6.23. The maximum Gasteiger partial charge on any atom is 0.293 e. The highest BCUT2D eigenvalue weighted by Gasteiger charge is 2.42. The number of aromatic nitrogens is 1. The van der Waals surface area contributed by atoms with Crippen LogP contribution in [0.4, 0.5) is 5.13 Å². The Labute approximate surface area is 196 Å². The van der Waals surface area contributed by atoms with Gasteiger partial charge in [0.2, 0.25) is 11.0 Å². The van der Waals surface area contributed by atoms with Gasteiger partial charge in [-0.3, -0.25) is 25.2 Å². The highest BCUT2D eigenvalue weighted by Crippen LogP contribution is 2.30. The van der Waals surface area contributed by atoms with Crippen molar-refractivity contribution in [1.82, 2.24) is 20.3 Å². The standard InChI is InChI=1S/C22H28N6O4S/c1-5-6-11-27(4)12-16-18(15-9-7-8-10-17(15)30)26-28(20(16)31)21(32)19-13(2)23-22(33-19)25-24-14(3)29/h7-10,16,30H,5-6,11-12H2,1-4H3,(H,23,25)(H,24,29). The van der Waals surface area contributed by atoms with E-state index in [1.807, 2.05) is 11.9 Å². The van der Waals surface area contributed by atoms with Crippen LogP contribution in [0.3, 0.4) is 0 Å². The third-order valence-corrected chi connectivity index (χ3v) is 6.20. The Morgan fingerprint density at radius 1 is 1.30 bits per heavy atom. The van der Waals surface area contributed by atoms with E-state index >= 15 is 0 Å². The van der Waals surface area contributed by atoms with Gasteiger partial charge in [0, 0.05) is 19.0 Å². The molecule has 3 rings (SSSR count). The van der Waals surface area contributed by atoms with Crippen molar-refractivity contribution < 1.29 is 19.5 Å². The molecule has 0 aliphatic carbocycles. The lowest BCUT2D eigenvalue weighted by Crippen LogP contribution is -2.38. The third-order valence-electron chi connectivity index (χ3n) is 5.14. The zero-order valence-corrected chi connectivity index (χ0v) is 19.9. The minimum Gasteiger partial charge on any atom is -0.507 e. The smallest absolute Gasteiger partial charge is 0.293 e. The van der Waals surface area contributed by atoms with E-state index < -0.39 is 17.7 Å². The van der Waals surface area contributed by atoms with E-state index in [4.69, 9.17) is 0 Å². The van der Waals surface area contributed by atoms with Gasteiger partial charge in [0.15, 0.2) is 0 Å². The minimum atomic E-state index is -0.700. The number of nitrogens with one attached hydrogen (secondary N) is 2. The number of nitrogens with zero attached hydrogens (tertiary/aromatic N) is 4. The van der Waals surface area contributed by atoms with Gasteiger partial charge >= 0.3 is 0 Å². The van der Waals surface area contributed by atoms with Crippen LogP contribution in [-0.4, -0.2) is 63.6 Å². The molecule has 0 saturated carbocycles. The molecule has 2 aromatic rings. The number of anilines is 1. The molecule has 0 spiro atoms. The van der Waals surface area contributed by atoms with Gasteiger partial charge in [-0.15, -0.1) is 0 Å². The summed E-state index contributed by atoms with van der Waals surface area (Å²) < 4.78 is 0. The van der Waals surface area contributed by atoms with Gasteiger partial charge in [-0.25, -0.2) is 4.98 Å². The second-order valence-corrected chi connectivity index (χ2v) is 8.86. The van der Waals surface area contributed by atoms with Crippen LogP contribution in [0.2, 0.25) is 0 Å². The first-order valence-electron chi connectivity index (χ1n) is 10.7. The zero-order chi connectivity index (χ0) is 24.1. The molecule has 11 heteroatoms. The summed E-state index contributed by atoms with van der Waals surface area (Å²) in [6.45, 7) is 6.25. The van der Waals surface area contributed by atoms with E-state index in [0.29, 0.717) is 28.6 Å². The molecule has 3 amide bonds. The molecule has 0 bridgehead atoms. The van der Waals surface area contributed by atoms with E-state index in [2.05, 4.69) is 27.9 Å². The number of phenolic OH excluding ortho intramolecular Hbond substituents is 1. The van der Waals surface area contributed by atoms with E-state index in [-0.39, 0.29) is 16.5 Å². The fraction of sp³-hybridized carbons (Fsp3) is 0.409. The number of para-hydroxylation sites is 1. The van der Waals surface area contributed by atoms with Crippen molar-refractivity contribution in [3.63, 3.8) is 0 Å². The van der Waals surface area contributed by atoms with Crippen LogP contribution in [-0.2, 0) is 9.59 Å². The zero-order valence-electron chi connectivity index (χ0n) is 19.1. The quantitative estimate of drug-likeness (QED) is 0.378. The summed E-state index contributed by atoms with van der Waals surface area (Å²) in [5.74, 6) is -2.06. The number of carbonyl (C=O) groups excluding carboxylic acids is 3. The number of amides is 3. The summed E-state index contributed by atoms with van der Waals surface area (Å²) in [5, 5.41) is 15.9. The highest BCUT2D eigenvalue weighted by atomic mass is 32.1. The van der Waals surface area contributed by atoms with Crippen LogP contribution in [0.5, 0.6) is 5.75 Å². The Hall–Kier alpha value is -3.31. The first-order chi connectivity index (χ1) is 15.7. The SMILES string of the molecule is CCCCN(C)CC1C(=O)N(C(=O)c2sc(NNC(C)=O)nc2C)N=C1c1ccccc1O. The van der Waals surface area contributed by atoms with Crippen molar-refractivity contribution in [3.05, 3.63) is 40.4 Å². The number of carbonyl (C=O) groups is 3. The lowest BCUT2D eigenvalue weighted by atomic mass is 9.95. The number of aryl methyl sites for hydroxylation is 1. The number of phenols is 1. The van der Waals surface area contributed by atoms with Gasteiger partial charge in [-0.2, -0.15) is 10.1 Å². The summed E-state index contributed by atoms with van der Waals surface area (Å²) in [7, 11) is 1.92. The van der Waals surface area contributed by atoms with Crippen molar-refractivity contribution in [2.75, 3.05) is 25.6 Å². The number of hydrazone groups is 1. The largest absolute Gasteiger partial charge is 0.507 e. The van der Waals surface area contributed by atoms with Crippen LogP contribution in [0, 0.1) is 12.8 Å². The number of benzene rings is 1. The Kier molecular flexibility index (Phi) is 7.77. The number of thiazole rings is 1. The van der Waals surface area contributed by atoms with E-state index in [9.17, 15) is 19.5 Å². The Morgan fingerprint density at radius 3 is 2.70 bits per heavy atom. The fourth-order valence-corrected chi connectivity index (χ4v) is 4.30. The second-order valence-electron chi connectivity index (χ2n) is 7.87. The molecular formula is C22H28N6O4S. The molecule has 3 N–H and O–H groups in total. The van der Waals surface area contributed by atoms with Gasteiger partial charge in [-0.1, -0.05) is 36.8 Å². The number of hydrogen-bond donors (Lipinski definition) is 3. The molecule has 0 radical (unpaired) electrons. The summed E-state index contributed by atoms with van der Waals surface area (Å²) in [6, 6.07) is 6.64. The Bertz CT molecular complexity index is 1080. The van der Waals surface area contributed by atoms with Crippen LogP contribution < -0.4 is 10.9 Å². The molecule has 1 aliphatic rings. The summed E-state index contributed by atoms with van der Waals surface area (Å²) in [6.07, 6.45) is 2.00. The molecule has 1 aliphatic heterocycles. The van der Waals surface area contributed by atoms with Gasteiger partial charge < -0.3 is 10.0 Å². The van der Waals surface area contributed by atoms with Crippen LogP contribution >= 0.6 is 11.3 Å². The molecule has 1 unspecified atom stereocenters. The normalized spacial score (nSPS) is 15.7. The number of unbranched alkanes of at least 4 members (excludes halogenated alkanes) is 1. The molecule has 2 heterocycles. The average molecular weight is 473 g/mol. The lowest BCUT2D eigenvalue weighted by molar-refractivity contribution is -0.129. The predicted octanol–water partition coefficient (Wildman–Crippen LogP) is 2.35. The molecular weight excluding hydrogens is 444 g/mol. The topological polar surface area (TPSA) is 127 Å². The molecule has 1 aromatic heterocycles. The van der Waals surface area contributed by atoms with Gasteiger partial charge in [0.1, 0.15) is 10.6 Å². The van der Waals surface area contributed by atoms with Crippen molar-refractivity contribution >= 4 is 39.9 Å². The Morgan fingerprint density at radius 2 is 2.03 bits per heavy atom. The third kappa shape index (κ3) is 5.55. The molecule has 0 fully saturated rings. The monoisotopic (exact) mass is 472 g/mol. The predicted molar refractivity (Wildman–Crippen MR) is 126 cm³/mol. The number of hydrazine groups is 1. The van der Waals surface area contributed by atoms with Gasteiger partial charge in [0.05, 0.1) is 17.3 Å². The van der Waals surface area contributed by atoms with E-state index in [0.717, 1.165) is 35.7 Å². The van der Waals surface area contributed by atoms with Crippen LogP contribution in [0.15, 0.2) is 29.4 Å². The molecule has 1 aromatic carbocycles. The van der Waals surface area contributed by atoms with Crippen molar-refractivity contribution in [1.29, 1.82) is 0 Å². The average Bonchev–Trinajstić information content (AvgIpc) is 3.30.